The van der Waals surface area contributed by atoms with Crippen molar-refractivity contribution in [2.75, 3.05) is 39.3 Å². The van der Waals surface area contributed by atoms with Crippen LogP contribution in [0.5, 0.6) is 0 Å². The Morgan fingerprint density at radius 2 is 1.94 bits per heavy atom. The average Bonchev–Trinajstić information content (AvgIpc) is 3.13. The summed E-state index contributed by atoms with van der Waals surface area (Å²) >= 11 is 0. The summed E-state index contributed by atoms with van der Waals surface area (Å²) in [5.41, 5.74) is 0. The molecule has 0 aromatic heterocycles. The molecule has 1 heterocycles. The summed E-state index contributed by atoms with van der Waals surface area (Å²) in [6.45, 7) is 8.04. The Kier molecular flexibility index (Phi) is 4.18. The van der Waals surface area contributed by atoms with Gasteiger partial charge in [-0.3, -0.25) is 4.79 Å². The number of likely N-dealkylation sites (N-methyl/N-ethyl adjacent to an activating group) is 1. The number of piperazine rings is 1. The van der Waals surface area contributed by atoms with Gasteiger partial charge in [-0.15, -0.1) is 0 Å². The first-order valence-electron chi connectivity index (χ1n) is 6.53. The van der Waals surface area contributed by atoms with Crippen molar-refractivity contribution in [2.45, 2.75) is 32.2 Å². The molecule has 0 aromatic carbocycles. The van der Waals surface area contributed by atoms with Crippen LogP contribution in [0.1, 0.15) is 26.2 Å². The van der Waals surface area contributed by atoms with E-state index in [0.29, 0.717) is 18.4 Å². The topological polar surface area (TPSA) is 35.6 Å². The van der Waals surface area contributed by atoms with Crippen LogP contribution < -0.4 is 5.32 Å². The van der Waals surface area contributed by atoms with Gasteiger partial charge < -0.3 is 15.1 Å². The predicted molar refractivity (Wildman–Crippen MR) is 64.3 cm³/mol. The van der Waals surface area contributed by atoms with Crippen LogP contribution in [0.15, 0.2) is 0 Å². The molecule has 0 bridgehead atoms. The molecule has 0 unspecified atom stereocenters. The monoisotopic (exact) mass is 225 g/mol. The highest BCUT2D eigenvalue weighted by Gasteiger charge is 2.22. The van der Waals surface area contributed by atoms with E-state index in [4.69, 9.17) is 0 Å². The zero-order valence-corrected chi connectivity index (χ0v) is 10.2. The van der Waals surface area contributed by atoms with Gasteiger partial charge in [-0.2, -0.15) is 0 Å². The minimum atomic E-state index is 0.323. The highest BCUT2D eigenvalue weighted by molar-refractivity contribution is 5.76. The Balaban J connectivity index is 1.61. The van der Waals surface area contributed by atoms with Crippen LogP contribution in [0, 0.1) is 0 Å². The molecule has 4 nitrogen and oxygen atoms in total. The fourth-order valence-corrected chi connectivity index (χ4v) is 2.14. The van der Waals surface area contributed by atoms with Gasteiger partial charge in [0.1, 0.15) is 0 Å². The minimum absolute atomic E-state index is 0.323. The lowest BCUT2D eigenvalue weighted by atomic mass is 10.2. The van der Waals surface area contributed by atoms with Crippen LogP contribution in [0.3, 0.4) is 0 Å². The molecule has 0 radical (unpaired) electrons. The average molecular weight is 225 g/mol. The maximum absolute atomic E-state index is 11.9. The molecule has 1 amide bonds. The molecule has 0 atom stereocenters. The van der Waals surface area contributed by atoms with E-state index in [1.54, 1.807) is 0 Å². The summed E-state index contributed by atoms with van der Waals surface area (Å²) in [5.74, 6) is 0.323. The van der Waals surface area contributed by atoms with Gasteiger partial charge in [-0.25, -0.2) is 0 Å². The Hall–Kier alpha value is -0.610. The molecule has 0 aromatic rings. The van der Waals surface area contributed by atoms with E-state index < -0.39 is 0 Å². The van der Waals surface area contributed by atoms with Crippen LogP contribution >= 0.6 is 0 Å². The van der Waals surface area contributed by atoms with Crippen molar-refractivity contribution >= 4 is 5.91 Å². The number of hydrogen-bond acceptors (Lipinski definition) is 3. The molecule has 1 saturated heterocycles. The number of rotatable bonds is 5. The highest BCUT2D eigenvalue weighted by Crippen LogP contribution is 2.18. The van der Waals surface area contributed by atoms with Gasteiger partial charge in [0, 0.05) is 45.2 Å². The second-order valence-electron chi connectivity index (χ2n) is 4.79. The SMILES string of the molecule is CCN1CCN(C(=O)CCNC2CC2)CC1. The van der Waals surface area contributed by atoms with Gasteiger partial charge in [-0.1, -0.05) is 6.92 Å². The van der Waals surface area contributed by atoms with E-state index in [9.17, 15) is 4.79 Å². The van der Waals surface area contributed by atoms with Crippen LogP contribution in [0.4, 0.5) is 0 Å². The number of amides is 1. The third-order valence-corrected chi connectivity index (χ3v) is 3.52. The van der Waals surface area contributed by atoms with Gasteiger partial charge in [0.05, 0.1) is 0 Å². The molecule has 1 aliphatic heterocycles. The fourth-order valence-electron chi connectivity index (χ4n) is 2.14. The molecule has 1 saturated carbocycles. The first-order chi connectivity index (χ1) is 7.79. The summed E-state index contributed by atoms with van der Waals surface area (Å²) in [6.07, 6.45) is 3.26. The molecule has 16 heavy (non-hydrogen) atoms. The maximum Gasteiger partial charge on any atom is 0.223 e. The number of hydrogen-bond donors (Lipinski definition) is 1. The van der Waals surface area contributed by atoms with E-state index >= 15 is 0 Å². The van der Waals surface area contributed by atoms with Crippen molar-refractivity contribution in [3.8, 4) is 0 Å². The molecule has 2 fully saturated rings. The summed E-state index contributed by atoms with van der Waals surface area (Å²) < 4.78 is 0. The summed E-state index contributed by atoms with van der Waals surface area (Å²) in [7, 11) is 0. The molecular formula is C12H23N3O. The maximum atomic E-state index is 11.9. The van der Waals surface area contributed by atoms with Gasteiger partial charge in [0.2, 0.25) is 5.91 Å². The van der Waals surface area contributed by atoms with Gasteiger partial charge >= 0.3 is 0 Å². The first kappa shape index (κ1) is 11.9. The van der Waals surface area contributed by atoms with Crippen molar-refractivity contribution in [3.63, 3.8) is 0 Å². The molecule has 2 rings (SSSR count). The van der Waals surface area contributed by atoms with E-state index in [-0.39, 0.29) is 0 Å². The quantitative estimate of drug-likeness (QED) is 0.730. The standard InChI is InChI=1S/C12H23N3O/c1-2-14-7-9-15(10-8-14)12(16)5-6-13-11-3-4-11/h11,13H,2-10H2,1H3. The minimum Gasteiger partial charge on any atom is -0.340 e. The van der Waals surface area contributed by atoms with Crippen molar-refractivity contribution in [1.82, 2.24) is 15.1 Å². The lowest BCUT2D eigenvalue weighted by molar-refractivity contribution is -0.132. The molecule has 92 valence electrons. The highest BCUT2D eigenvalue weighted by atomic mass is 16.2. The van der Waals surface area contributed by atoms with Gasteiger partial charge in [-0.05, 0) is 19.4 Å². The van der Waals surface area contributed by atoms with E-state index in [1.807, 2.05) is 4.90 Å². The van der Waals surface area contributed by atoms with Crippen LogP contribution in [0.2, 0.25) is 0 Å². The van der Waals surface area contributed by atoms with Gasteiger partial charge in [0.25, 0.3) is 0 Å². The second kappa shape index (κ2) is 5.64. The predicted octanol–water partition coefficient (Wildman–Crippen LogP) is 0.293. The molecular weight excluding hydrogens is 202 g/mol. The summed E-state index contributed by atoms with van der Waals surface area (Å²) in [4.78, 5) is 16.3. The zero-order chi connectivity index (χ0) is 11.4. The van der Waals surface area contributed by atoms with Crippen molar-refractivity contribution < 1.29 is 4.79 Å². The first-order valence-corrected chi connectivity index (χ1v) is 6.53. The molecule has 1 aliphatic carbocycles. The lowest BCUT2D eigenvalue weighted by Crippen LogP contribution is -2.48. The number of nitrogens with one attached hydrogen (secondary N) is 1. The van der Waals surface area contributed by atoms with Crippen LogP contribution in [-0.4, -0.2) is 61.0 Å². The molecule has 2 aliphatic rings. The van der Waals surface area contributed by atoms with Crippen LogP contribution in [-0.2, 0) is 4.79 Å². The van der Waals surface area contributed by atoms with Crippen LogP contribution in [0.25, 0.3) is 0 Å². The zero-order valence-electron chi connectivity index (χ0n) is 10.2. The summed E-state index contributed by atoms with van der Waals surface area (Å²) in [6, 6.07) is 0.713. The van der Waals surface area contributed by atoms with E-state index in [1.165, 1.54) is 12.8 Å². The second-order valence-corrected chi connectivity index (χ2v) is 4.79. The Morgan fingerprint density at radius 1 is 1.25 bits per heavy atom. The smallest absolute Gasteiger partial charge is 0.223 e. The normalized spacial score (nSPS) is 22.4. The third-order valence-electron chi connectivity index (χ3n) is 3.52. The Bertz CT molecular complexity index is 232. The van der Waals surface area contributed by atoms with Crippen molar-refractivity contribution in [2.24, 2.45) is 0 Å². The number of nitrogens with zero attached hydrogens (tertiary/aromatic N) is 2. The van der Waals surface area contributed by atoms with E-state index in [0.717, 1.165) is 39.3 Å². The molecule has 0 spiro atoms. The lowest BCUT2D eigenvalue weighted by Gasteiger charge is -2.34. The Morgan fingerprint density at radius 3 is 2.50 bits per heavy atom. The molecule has 4 heteroatoms. The largest absolute Gasteiger partial charge is 0.340 e. The van der Waals surface area contributed by atoms with Gasteiger partial charge in [0.15, 0.2) is 0 Å². The number of carbonyl (C=O) groups is 1. The molecule has 1 N–H and O–H groups in total. The fraction of sp³-hybridized carbons (Fsp3) is 0.917. The third kappa shape index (κ3) is 3.46. The summed E-state index contributed by atoms with van der Waals surface area (Å²) in [5, 5.41) is 3.39. The number of carbonyl (C=O) groups excluding carboxylic acids is 1. The Labute approximate surface area is 98.0 Å². The van der Waals surface area contributed by atoms with Crippen molar-refractivity contribution in [3.05, 3.63) is 0 Å². The van der Waals surface area contributed by atoms with E-state index in [2.05, 4.69) is 17.1 Å². The van der Waals surface area contributed by atoms with Crippen molar-refractivity contribution in [1.29, 1.82) is 0 Å².